The van der Waals surface area contributed by atoms with Crippen molar-refractivity contribution in [2.45, 2.75) is 19.8 Å². The second-order valence-electron chi connectivity index (χ2n) is 3.28. The lowest BCUT2D eigenvalue weighted by atomic mass is 10.3. The summed E-state index contributed by atoms with van der Waals surface area (Å²) in [6.45, 7) is 2.04. The first kappa shape index (κ1) is 10.1. The van der Waals surface area contributed by atoms with Gasteiger partial charge in [0.15, 0.2) is 11.0 Å². The predicted molar refractivity (Wildman–Crippen MR) is 59.7 cm³/mol. The zero-order chi connectivity index (χ0) is 10.8. The highest BCUT2D eigenvalue weighted by molar-refractivity contribution is 7.13. The van der Waals surface area contributed by atoms with Gasteiger partial charge in [-0.05, 0) is 0 Å². The van der Waals surface area contributed by atoms with E-state index < -0.39 is 0 Å². The summed E-state index contributed by atoms with van der Waals surface area (Å²) in [5.41, 5.74) is 6.52. The predicted octanol–water partition coefficient (Wildman–Crippen LogP) is 1.01. The molecule has 0 radical (unpaired) electrons. The summed E-state index contributed by atoms with van der Waals surface area (Å²) in [7, 11) is 1.90. The fourth-order valence-corrected chi connectivity index (χ4v) is 1.91. The lowest BCUT2D eigenvalue weighted by Crippen LogP contribution is -2.00. The van der Waals surface area contributed by atoms with E-state index in [9.17, 15) is 0 Å². The van der Waals surface area contributed by atoms with Crippen molar-refractivity contribution in [2.75, 3.05) is 5.73 Å². The highest BCUT2D eigenvalue weighted by atomic mass is 32.1. The van der Waals surface area contributed by atoms with Gasteiger partial charge >= 0.3 is 0 Å². The molecule has 0 atom stereocenters. The van der Waals surface area contributed by atoms with Crippen molar-refractivity contribution in [1.82, 2.24) is 19.7 Å². The van der Waals surface area contributed by atoms with E-state index in [0.717, 1.165) is 23.8 Å². The quantitative estimate of drug-likeness (QED) is 0.843. The molecule has 0 spiro atoms. The Kier molecular flexibility index (Phi) is 2.68. The molecule has 2 aromatic rings. The Balaban J connectivity index is 2.20. The van der Waals surface area contributed by atoms with Gasteiger partial charge in [0.05, 0.1) is 12.1 Å². The Morgan fingerprint density at radius 1 is 1.47 bits per heavy atom. The van der Waals surface area contributed by atoms with Gasteiger partial charge in [0, 0.05) is 18.8 Å². The van der Waals surface area contributed by atoms with Gasteiger partial charge in [-0.3, -0.25) is 4.68 Å². The first-order valence-electron chi connectivity index (χ1n) is 4.77. The molecule has 0 bridgehead atoms. The maximum absolute atomic E-state index is 5.57. The van der Waals surface area contributed by atoms with Crippen LogP contribution in [-0.2, 0) is 19.9 Å². The Bertz CT molecular complexity index is 459. The van der Waals surface area contributed by atoms with Crippen LogP contribution in [-0.4, -0.2) is 19.7 Å². The topological polar surface area (TPSA) is 69.6 Å². The molecule has 0 aliphatic heterocycles. The van der Waals surface area contributed by atoms with Crippen LogP contribution in [0.25, 0.3) is 0 Å². The average molecular weight is 223 g/mol. The smallest absolute Gasteiger partial charge is 0.180 e. The number of aromatic nitrogens is 4. The largest absolute Gasteiger partial charge is 0.375 e. The number of nitrogen functional groups attached to an aromatic ring is 1. The number of thiazole rings is 1. The van der Waals surface area contributed by atoms with Crippen molar-refractivity contribution in [1.29, 1.82) is 0 Å². The number of rotatable bonds is 3. The average Bonchev–Trinajstić information content (AvgIpc) is 2.75. The van der Waals surface area contributed by atoms with Crippen molar-refractivity contribution in [3.05, 3.63) is 22.7 Å². The van der Waals surface area contributed by atoms with E-state index in [1.165, 1.54) is 11.3 Å². The third-order valence-electron chi connectivity index (χ3n) is 2.12. The van der Waals surface area contributed by atoms with Crippen LogP contribution in [0, 0.1) is 0 Å². The van der Waals surface area contributed by atoms with Gasteiger partial charge in [-0.25, -0.2) is 9.97 Å². The molecule has 6 heteroatoms. The molecule has 0 amide bonds. The van der Waals surface area contributed by atoms with E-state index in [0.29, 0.717) is 11.6 Å². The van der Waals surface area contributed by atoms with Crippen LogP contribution in [0.2, 0.25) is 0 Å². The Hall–Kier alpha value is -1.43. The molecule has 2 heterocycles. The zero-order valence-corrected chi connectivity index (χ0v) is 9.58. The second kappa shape index (κ2) is 3.98. The summed E-state index contributed by atoms with van der Waals surface area (Å²) in [4.78, 5) is 8.61. The molecule has 0 aliphatic carbocycles. The fourth-order valence-electron chi connectivity index (χ4n) is 1.34. The molecular weight excluding hydrogens is 210 g/mol. The van der Waals surface area contributed by atoms with Crippen LogP contribution in [0.1, 0.15) is 24.3 Å². The highest BCUT2D eigenvalue weighted by Gasteiger charge is 2.08. The molecule has 0 saturated carbocycles. The SMILES string of the molecule is CCc1nc(Cc2csc(N)n2)n(C)n1. The van der Waals surface area contributed by atoms with Gasteiger partial charge in [-0.2, -0.15) is 5.10 Å². The molecule has 5 nitrogen and oxygen atoms in total. The molecular formula is C9H13N5S. The molecule has 0 aliphatic rings. The van der Waals surface area contributed by atoms with Crippen molar-refractivity contribution < 1.29 is 0 Å². The third kappa shape index (κ3) is 2.15. The monoisotopic (exact) mass is 223 g/mol. The molecule has 0 saturated heterocycles. The lowest BCUT2D eigenvalue weighted by Gasteiger charge is -1.95. The van der Waals surface area contributed by atoms with Gasteiger partial charge in [0.1, 0.15) is 5.82 Å². The molecule has 0 unspecified atom stereocenters. The number of hydrogen-bond donors (Lipinski definition) is 1. The molecule has 0 aromatic carbocycles. The molecule has 80 valence electrons. The van der Waals surface area contributed by atoms with E-state index in [2.05, 4.69) is 15.1 Å². The Morgan fingerprint density at radius 3 is 2.80 bits per heavy atom. The first-order valence-corrected chi connectivity index (χ1v) is 5.65. The highest BCUT2D eigenvalue weighted by Crippen LogP contribution is 2.14. The maximum atomic E-state index is 5.57. The molecule has 0 fully saturated rings. The standard InChI is InChI=1S/C9H13N5S/c1-3-7-12-8(14(2)13-7)4-6-5-15-9(10)11-6/h5H,3-4H2,1-2H3,(H2,10,11). The lowest BCUT2D eigenvalue weighted by molar-refractivity contribution is 0.705. The zero-order valence-electron chi connectivity index (χ0n) is 8.77. The number of aryl methyl sites for hydroxylation is 2. The van der Waals surface area contributed by atoms with Gasteiger partial charge in [0.25, 0.3) is 0 Å². The van der Waals surface area contributed by atoms with Crippen molar-refractivity contribution >= 4 is 16.5 Å². The number of anilines is 1. The normalized spacial score (nSPS) is 10.8. The van der Waals surface area contributed by atoms with E-state index >= 15 is 0 Å². The van der Waals surface area contributed by atoms with Crippen molar-refractivity contribution in [3.8, 4) is 0 Å². The summed E-state index contributed by atoms with van der Waals surface area (Å²) < 4.78 is 1.80. The third-order valence-corrected chi connectivity index (χ3v) is 2.84. The van der Waals surface area contributed by atoms with Crippen LogP contribution in [0.4, 0.5) is 5.13 Å². The van der Waals surface area contributed by atoms with Crippen molar-refractivity contribution in [2.24, 2.45) is 7.05 Å². The van der Waals surface area contributed by atoms with Crippen LogP contribution < -0.4 is 5.73 Å². The van der Waals surface area contributed by atoms with Crippen LogP contribution >= 0.6 is 11.3 Å². The number of hydrogen-bond acceptors (Lipinski definition) is 5. The van der Waals surface area contributed by atoms with E-state index in [1.54, 1.807) is 4.68 Å². The summed E-state index contributed by atoms with van der Waals surface area (Å²) in [6.07, 6.45) is 1.55. The van der Waals surface area contributed by atoms with Crippen LogP contribution in [0.3, 0.4) is 0 Å². The van der Waals surface area contributed by atoms with Gasteiger partial charge in [-0.15, -0.1) is 11.3 Å². The van der Waals surface area contributed by atoms with Gasteiger partial charge in [-0.1, -0.05) is 6.92 Å². The van der Waals surface area contributed by atoms with E-state index in [-0.39, 0.29) is 0 Å². The minimum absolute atomic E-state index is 0.600. The second-order valence-corrected chi connectivity index (χ2v) is 4.16. The summed E-state index contributed by atoms with van der Waals surface area (Å²) >= 11 is 1.45. The van der Waals surface area contributed by atoms with Crippen LogP contribution in [0.5, 0.6) is 0 Å². The van der Waals surface area contributed by atoms with Gasteiger partial charge in [0.2, 0.25) is 0 Å². The number of nitrogens with two attached hydrogens (primary N) is 1. The summed E-state index contributed by atoms with van der Waals surface area (Å²) in [5.74, 6) is 1.80. The molecule has 2 aromatic heterocycles. The molecule has 2 N–H and O–H groups in total. The Morgan fingerprint density at radius 2 is 2.27 bits per heavy atom. The maximum Gasteiger partial charge on any atom is 0.180 e. The van der Waals surface area contributed by atoms with Gasteiger partial charge < -0.3 is 5.73 Å². The van der Waals surface area contributed by atoms with E-state index in [1.807, 2.05) is 19.4 Å². The van der Waals surface area contributed by atoms with Crippen LogP contribution in [0.15, 0.2) is 5.38 Å². The summed E-state index contributed by atoms with van der Waals surface area (Å²) in [5, 5.41) is 6.84. The Labute approximate surface area is 92.0 Å². The van der Waals surface area contributed by atoms with E-state index in [4.69, 9.17) is 5.73 Å². The minimum atomic E-state index is 0.600. The molecule has 15 heavy (non-hydrogen) atoms. The first-order chi connectivity index (χ1) is 7.19. The number of nitrogens with zero attached hydrogens (tertiary/aromatic N) is 4. The molecule has 2 rings (SSSR count). The van der Waals surface area contributed by atoms with Crippen molar-refractivity contribution in [3.63, 3.8) is 0 Å². The fraction of sp³-hybridized carbons (Fsp3) is 0.444. The minimum Gasteiger partial charge on any atom is -0.375 e. The summed E-state index contributed by atoms with van der Waals surface area (Å²) in [6, 6.07) is 0.